The molecule has 1 atom stereocenters. The summed E-state index contributed by atoms with van der Waals surface area (Å²) in [4.78, 5) is 28.4. The first kappa shape index (κ1) is 17.3. The minimum Gasteiger partial charge on any atom is -0.484 e. The van der Waals surface area contributed by atoms with Gasteiger partial charge in [0.15, 0.2) is 6.61 Å². The molecule has 4 rings (SSSR count). The van der Waals surface area contributed by atoms with Crippen molar-refractivity contribution >= 4 is 11.8 Å². The molecule has 6 heteroatoms. The maximum absolute atomic E-state index is 12.4. The zero-order chi connectivity index (χ0) is 17.9. The van der Waals surface area contributed by atoms with Gasteiger partial charge in [-0.05, 0) is 55.4 Å². The summed E-state index contributed by atoms with van der Waals surface area (Å²) in [5.41, 5.74) is 2.74. The number of amides is 2. The van der Waals surface area contributed by atoms with E-state index in [1.807, 2.05) is 11.0 Å². The Morgan fingerprint density at radius 2 is 1.81 bits per heavy atom. The van der Waals surface area contributed by atoms with Crippen molar-refractivity contribution in [3.63, 3.8) is 0 Å². The van der Waals surface area contributed by atoms with Crippen LogP contribution in [-0.2, 0) is 27.2 Å². The minimum absolute atomic E-state index is 0.0188. The minimum atomic E-state index is -0.277. The summed E-state index contributed by atoms with van der Waals surface area (Å²) in [6.07, 6.45) is 4.93. The predicted molar refractivity (Wildman–Crippen MR) is 96.1 cm³/mol. The molecule has 0 unspecified atom stereocenters. The second-order valence-electron chi connectivity index (χ2n) is 7.28. The maximum Gasteiger partial charge on any atom is 0.260 e. The number of hydrogen-bond acceptors (Lipinski definition) is 4. The first-order valence-corrected chi connectivity index (χ1v) is 9.63. The normalized spacial score (nSPS) is 22.4. The molecule has 0 bridgehead atoms. The van der Waals surface area contributed by atoms with E-state index in [1.54, 1.807) is 4.90 Å². The van der Waals surface area contributed by atoms with Crippen LogP contribution in [0.15, 0.2) is 18.2 Å². The highest BCUT2D eigenvalue weighted by molar-refractivity contribution is 5.82. The van der Waals surface area contributed by atoms with Crippen LogP contribution in [0.1, 0.15) is 30.4 Å². The molecular weight excluding hydrogens is 332 g/mol. The van der Waals surface area contributed by atoms with Crippen LogP contribution in [0.5, 0.6) is 5.75 Å². The molecule has 1 aromatic carbocycles. The van der Waals surface area contributed by atoms with Gasteiger partial charge in [-0.3, -0.25) is 9.59 Å². The van der Waals surface area contributed by atoms with Gasteiger partial charge in [-0.15, -0.1) is 0 Å². The zero-order valence-corrected chi connectivity index (χ0v) is 15.1. The van der Waals surface area contributed by atoms with Crippen molar-refractivity contribution in [1.82, 2.24) is 9.80 Å². The number of nitrogens with zero attached hydrogens (tertiary/aromatic N) is 2. The molecule has 0 spiro atoms. The molecule has 0 saturated carbocycles. The van der Waals surface area contributed by atoms with Gasteiger partial charge in [0.2, 0.25) is 0 Å². The van der Waals surface area contributed by atoms with Crippen LogP contribution in [0, 0.1) is 0 Å². The molecular formula is C20H26N2O4. The van der Waals surface area contributed by atoms with E-state index in [-0.39, 0.29) is 24.5 Å². The van der Waals surface area contributed by atoms with E-state index in [9.17, 15) is 9.59 Å². The van der Waals surface area contributed by atoms with Gasteiger partial charge in [0.1, 0.15) is 11.9 Å². The van der Waals surface area contributed by atoms with Gasteiger partial charge in [-0.2, -0.15) is 0 Å². The number of piperazine rings is 1. The lowest BCUT2D eigenvalue weighted by molar-refractivity contribution is -0.146. The fourth-order valence-electron chi connectivity index (χ4n) is 4.03. The Hall–Kier alpha value is -2.08. The number of hydrogen-bond donors (Lipinski definition) is 0. The van der Waals surface area contributed by atoms with Crippen LogP contribution in [0.25, 0.3) is 0 Å². The molecule has 1 aromatic rings. The summed E-state index contributed by atoms with van der Waals surface area (Å²) >= 11 is 0. The molecule has 1 aliphatic carbocycles. The van der Waals surface area contributed by atoms with Crippen molar-refractivity contribution in [3.8, 4) is 5.75 Å². The molecule has 140 valence electrons. The van der Waals surface area contributed by atoms with E-state index in [2.05, 4.69) is 12.1 Å². The molecule has 2 aliphatic heterocycles. The number of fused-ring (bicyclic) bond motifs is 1. The summed E-state index contributed by atoms with van der Waals surface area (Å²) < 4.78 is 11.2. The number of carbonyl (C=O) groups excluding carboxylic acids is 2. The number of benzene rings is 1. The molecule has 0 N–H and O–H groups in total. The maximum atomic E-state index is 12.4. The monoisotopic (exact) mass is 358 g/mol. The fraction of sp³-hybridized carbons (Fsp3) is 0.600. The quantitative estimate of drug-likeness (QED) is 0.816. The largest absolute Gasteiger partial charge is 0.484 e. The van der Waals surface area contributed by atoms with Gasteiger partial charge in [-0.1, -0.05) is 6.07 Å². The third-order valence-electron chi connectivity index (χ3n) is 5.58. The lowest BCUT2D eigenvalue weighted by Crippen LogP contribution is -2.53. The van der Waals surface area contributed by atoms with Crippen LogP contribution < -0.4 is 4.74 Å². The molecule has 2 amide bonds. The second kappa shape index (κ2) is 7.66. The van der Waals surface area contributed by atoms with Crippen molar-refractivity contribution in [1.29, 1.82) is 0 Å². The Labute approximate surface area is 154 Å². The number of ether oxygens (including phenoxy) is 2. The lowest BCUT2D eigenvalue weighted by Gasteiger charge is -2.35. The van der Waals surface area contributed by atoms with Gasteiger partial charge in [0.25, 0.3) is 11.8 Å². The van der Waals surface area contributed by atoms with Crippen molar-refractivity contribution in [2.24, 2.45) is 0 Å². The summed E-state index contributed by atoms with van der Waals surface area (Å²) in [6, 6.07) is 6.13. The van der Waals surface area contributed by atoms with Crippen LogP contribution in [-0.4, -0.2) is 67.1 Å². The summed E-state index contributed by atoms with van der Waals surface area (Å²) in [7, 11) is 0. The summed E-state index contributed by atoms with van der Waals surface area (Å²) in [5.74, 6) is 0.824. The first-order chi connectivity index (χ1) is 12.7. The van der Waals surface area contributed by atoms with E-state index >= 15 is 0 Å². The molecule has 2 saturated heterocycles. The number of aryl methyl sites for hydroxylation is 2. The highest BCUT2D eigenvalue weighted by Gasteiger charge is 2.31. The molecule has 2 heterocycles. The van der Waals surface area contributed by atoms with Gasteiger partial charge < -0.3 is 19.3 Å². The molecule has 0 radical (unpaired) electrons. The lowest BCUT2D eigenvalue weighted by atomic mass is 10.1. The highest BCUT2D eigenvalue weighted by atomic mass is 16.5. The Bertz CT molecular complexity index is 676. The zero-order valence-electron chi connectivity index (χ0n) is 15.1. The van der Waals surface area contributed by atoms with E-state index < -0.39 is 0 Å². The average Bonchev–Trinajstić information content (AvgIpc) is 3.37. The van der Waals surface area contributed by atoms with Crippen molar-refractivity contribution in [3.05, 3.63) is 29.3 Å². The third-order valence-corrected chi connectivity index (χ3v) is 5.58. The molecule has 0 aromatic heterocycles. The van der Waals surface area contributed by atoms with Crippen LogP contribution >= 0.6 is 0 Å². The summed E-state index contributed by atoms with van der Waals surface area (Å²) in [6.45, 7) is 3.00. The molecule has 6 nitrogen and oxygen atoms in total. The Balaban J connectivity index is 1.24. The van der Waals surface area contributed by atoms with E-state index in [4.69, 9.17) is 9.47 Å². The Kier molecular flexibility index (Phi) is 5.11. The van der Waals surface area contributed by atoms with Crippen molar-refractivity contribution in [2.45, 2.75) is 38.2 Å². The SMILES string of the molecule is O=C(COc1ccc2c(c1)CCC2)N1CCN(C(=O)[C@H]2CCCO2)CC1. The van der Waals surface area contributed by atoms with Crippen LogP contribution in [0.3, 0.4) is 0 Å². The van der Waals surface area contributed by atoms with Gasteiger partial charge >= 0.3 is 0 Å². The van der Waals surface area contributed by atoms with E-state index in [0.717, 1.165) is 31.4 Å². The molecule has 26 heavy (non-hydrogen) atoms. The number of rotatable bonds is 4. The molecule has 3 aliphatic rings. The van der Waals surface area contributed by atoms with Crippen molar-refractivity contribution in [2.75, 3.05) is 39.4 Å². The van der Waals surface area contributed by atoms with Gasteiger partial charge in [-0.25, -0.2) is 0 Å². The standard InChI is InChI=1S/C20H26N2O4/c23-19(14-26-17-7-6-15-3-1-4-16(15)13-17)21-8-10-22(11-9-21)20(24)18-5-2-12-25-18/h6-7,13,18H,1-5,8-12,14H2/t18-/m1/s1. The van der Waals surface area contributed by atoms with E-state index in [1.165, 1.54) is 17.5 Å². The average molecular weight is 358 g/mol. The van der Waals surface area contributed by atoms with Gasteiger partial charge in [0, 0.05) is 32.8 Å². The molecule has 2 fully saturated rings. The Morgan fingerprint density at radius 3 is 2.58 bits per heavy atom. The van der Waals surface area contributed by atoms with Crippen molar-refractivity contribution < 1.29 is 19.1 Å². The highest BCUT2D eigenvalue weighted by Crippen LogP contribution is 2.26. The van der Waals surface area contributed by atoms with Gasteiger partial charge in [0.05, 0.1) is 0 Å². The first-order valence-electron chi connectivity index (χ1n) is 9.63. The number of carbonyl (C=O) groups is 2. The topological polar surface area (TPSA) is 59.1 Å². The van der Waals surface area contributed by atoms with Crippen LogP contribution in [0.4, 0.5) is 0 Å². The predicted octanol–water partition coefficient (Wildman–Crippen LogP) is 1.40. The summed E-state index contributed by atoms with van der Waals surface area (Å²) in [5, 5.41) is 0. The second-order valence-corrected chi connectivity index (χ2v) is 7.28. The van der Waals surface area contributed by atoms with E-state index in [0.29, 0.717) is 32.8 Å². The third kappa shape index (κ3) is 3.70. The van der Waals surface area contributed by atoms with Crippen LogP contribution in [0.2, 0.25) is 0 Å². The smallest absolute Gasteiger partial charge is 0.260 e. The fourth-order valence-corrected chi connectivity index (χ4v) is 4.03. The Morgan fingerprint density at radius 1 is 1.04 bits per heavy atom.